The molecule has 0 saturated carbocycles. The number of aromatic nitrogens is 2. The number of aromatic hydroxyl groups is 1. The van der Waals surface area contributed by atoms with Crippen LogP contribution >= 0.6 is 11.6 Å². The van der Waals surface area contributed by atoms with Crippen molar-refractivity contribution >= 4 is 17.5 Å². The van der Waals surface area contributed by atoms with Gasteiger partial charge in [-0.3, -0.25) is 9.89 Å². The van der Waals surface area contributed by atoms with Crippen LogP contribution in [0.25, 0.3) is 11.3 Å². The van der Waals surface area contributed by atoms with Crippen LogP contribution in [0.3, 0.4) is 0 Å². The van der Waals surface area contributed by atoms with Gasteiger partial charge in [0.2, 0.25) is 0 Å². The van der Waals surface area contributed by atoms with Gasteiger partial charge in [0.25, 0.3) is 5.91 Å². The molecule has 1 aromatic heterocycles. The van der Waals surface area contributed by atoms with Gasteiger partial charge in [-0.1, -0.05) is 42.8 Å². The summed E-state index contributed by atoms with van der Waals surface area (Å²) in [4.78, 5) is 15.0. The second kappa shape index (κ2) is 8.13. The number of H-pyrrole nitrogens is 1. The third-order valence-corrected chi connectivity index (χ3v) is 6.04. The minimum atomic E-state index is -0.332. The van der Waals surface area contributed by atoms with Gasteiger partial charge in [0.15, 0.2) is 0 Å². The van der Waals surface area contributed by atoms with E-state index in [0.29, 0.717) is 35.1 Å². The quantitative estimate of drug-likeness (QED) is 0.609. The molecule has 156 valence electrons. The van der Waals surface area contributed by atoms with E-state index in [1.54, 1.807) is 24.1 Å². The highest BCUT2D eigenvalue weighted by molar-refractivity contribution is 6.31. The Labute approximate surface area is 180 Å². The molecule has 1 atom stereocenters. The van der Waals surface area contributed by atoms with Crippen molar-refractivity contribution in [2.24, 2.45) is 0 Å². The van der Waals surface area contributed by atoms with Crippen LogP contribution in [0.5, 0.6) is 5.75 Å². The molecule has 2 heterocycles. The first-order chi connectivity index (χ1) is 14.5. The Bertz CT molecular complexity index is 1090. The zero-order valence-corrected chi connectivity index (χ0v) is 18.0. The van der Waals surface area contributed by atoms with E-state index in [2.05, 4.69) is 29.3 Å². The molecular formula is C23H24ClN3O3. The third kappa shape index (κ3) is 3.36. The van der Waals surface area contributed by atoms with Crippen LogP contribution in [0.1, 0.15) is 45.7 Å². The fourth-order valence-corrected chi connectivity index (χ4v) is 4.12. The van der Waals surface area contributed by atoms with E-state index >= 15 is 0 Å². The lowest BCUT2D eigenvalue weighted by atomic mass is 9.94. The van der Waals surface area contributed by atoms with E-state index in [4.69, 9.17) is 16.3 Å². The summed E-state index contributed by atoms with van der Waals surface area (Å²) >= 11 is 6.32. The van der Waals surface area contributed by atoms with Crippen molar-refractivity contribution in [3.05, 3.63) is 69.4 Å². The normalized spacial score (nSPS) is 15.7. The molecule has 7 heteroatoms. The standard InChI is InChI=1S/C23H24ClN3O3/c1-4-14-5-7-15(8-6-14)22-19-20(16-12-17(24)13(2)11-18(16)28)25-26-21(19)23(29)27(22)9-10-30-3/h5-8,11-12,22,28H,4,9-10H2,1-3H3,(H,25,26). The zero-order valence-electron chi connectivity index (χ0n) is 17.2. The van der Waals surface area contributed by atoms with Gasteiger partial charge < -0.3 is 14.7 Å². The number of rotatable bonds is 6. The molecule has 0 bridgehead atoms. The van der Waals surface area contributed by atoms with Crippen LogP contribution < -0.4 is 0 Å². The maximum Gasteiger partial charge on any atom is 0.273 e. The third-order valence-electron chi connectivity index (χ3n) is 5.64. The first-order valence-corrected chi connectivity index (χ1v) is 10.3. The zero-order chi connectivity index (χ0) is 21.4. The fourth-order valence-electron chi connectivity index (χ4n) is 3.96. The molecule has 2 N–H and O–H groups in total. The Morgan fingerprint density at radius 2 is 2.00 bits per heavy atom. The Morgan fingerprint density at radius 3 is 2.67 bits per heavy atom. The maximum atomic E-state index is 13.2. The number of aryl methyl sites for hydroxylation is 2. The molecule has 30 heavy (non-hydrogen) atoms. The number of carbonyl (C=O) groups is 1. The van der Waals surface area contributed by atoms with Crippen molar-refractivity contribution in [3.63, 3.8) is 0 Å². The van der Waals surface area contributed by atoms with E-state index in [0.717, 1.165) is 23.1 Å². The van der Waals surface area contributed by atoms with Crippen molar-refractivity contribution in [1.29, 1.82) is 0 Å². The SMILES string of the molecule is CCc1ccc(C2c3c(-c4cc(Cl)c(C)cc4O)n[nH]c3C(=O)N2CCOC)cc1. The van der Waals surface area contributed by atoms with Crippen molar-refractivity contribution in [3.8, 4) is 17.0 Å². The van der Waals surface area contributed by atoms with Crippen LogP contribution in [0.4, 0.5) is 0 Å². The Hall–Kier alpha value is -2.83. The number of methoxy groups -OCH3 is 1. The van der Waals surface area contributed by atoms with Gasteiger partial charge in [0, 0.05) is 29.8 Å². The fraction of sp³-hybridized carbons (Fsp3) is 0.304. The molecule has 6 nitrogen and oxygen atoms in total. The van der Waals surface area contributed by atoms with Gasteiger partial charge >= 0.3 is 0 Å². The summed E-state index contributed by atoms with van der Waals surface area (Å²) in [6.07, 6.45) is 0.940. The lowest BCUT2D eigenvalue weighted by molar-refractivity contribution is 0.0677. The minimum absolute atomic E-state index is 0.0778. The number of fused-ring (bicyclic) bond motifs is 1. The number of nitrogens with one attached hydrogen (secondary N) is 1. The molecule has 0 fully saturated rings. The highest BCUT2D eigenvalue weighted by Crippen LogP contribution is 2.45. The Kier molecular flexibility index (Phi) is 5.54. The molecule has 0 saturated heterocycles. The number of amides is 1. The number of ether oxygens (including phenoxy) is 1. The van der Waals surface area contributed by atoms with E-state index < -0.39 is 0 Å². The highest BCUT2D eigenvalue weighted by Gasteiger charge is 2.42. The molecule has 0 radical (unpaired) electrons. The second-order valence-electron chi connectivity index (χ2n) is 7.47. The maximum absolute atomic E-state index is 13.2. The summed E-state index contributed by atoms with van der Waals surface area (Å²) in [5.41, 5.74) is 5.19. The van der Waals surface area contributed by atoms with Crippen molar-refractivity contribution in [1.82, 2.24) is 15.1 Å². The number of carbonyl (C=O) groups excluding carboxylic acids is 1. The van der Waals surface area contributed by atoms with E-state index in [1.165, 1.54) is 5.56 Å². The molecule has 0 spiro atoms. The van der Waals surface area contributed by atoms with Gasteiger partial charge in [0.1, 0.15) is 17.1 Å². The van der Waals surface area contributed by atoms with Gasteiger partial charge in [0.05, 0.1) is 12.6 Å². The number of hydrogen-bond donors (Lipinski definition) is 2. The van der Waals surface area contributed by atoms with Crippen LogP contribution in [0.15, 0.2) is 36.4 Å². The van der Waals surface area contributed by atoms with Crippen LogP contribution in [-0.2, 0) is 11.2 Å². The number of phenolic OH excluding ortho intramolecular Hbond substituents is 1. The number of nitrogens with zero attached hydrogens (tertiary/aromatic N) is 2. The average Bonchev–Trinajstić information content (AvgIpc) is 3.28. The molecule has 1 aliphatic rings. The lowest BCUT2D eigenvalue weighted by Gasteiger charge is -2.26. The van der Waals surface area contributed by atoms with E-state index in [9.17, 15) is 9.90 Å². The van der Waals surface area contributed by atoms with E-state index in [-0.39, 0.29) is 17.7 Å². The number of phenols is 1. The van der Waals surface area contributed by atoms with Crippen molar-refractivity contribution in [2.75, 3.05) is 20.3 Å². The number of hydrogen-bond acceptors (Lipinski definition) is 4. The molecule has 4 rings (SSSR count). The number of halogens is 1. The Balaban J connectivity index is 1.88. The molecule has 1 aliphatic heterocycles. The van der Waals surface area contributed by atoms with Crippen LogP contribution in [0, 0.1) is 6.92 Å². The monoisotopic (exact) mass is 425 g/mol. The smallest absolute Gasteiger partial charge is 0.273 e. The number of benzene rings is 2. The van der Waals surface area contributed by atoms with Crippen LogP contribution in [-0.4, -0.2) is 46.4 Å². The predicted octanol–water partition coefficient (Wildman–Crippen LogP) is 4.50. The molecule has 2 aromatic carbocycles. The summed E-state index contributed by atoms with van der Waals surface area (Å²) in [5.74, 6) is -0.0582. The van der Waals surface area contributed by atoms with Gasteiger partial charge in [-0.25, -0.2) is 0 Å². The van der Waals surface area contributed by atoms with Gasteiger partial charge in [-0.05, 0) is 42.2 Å². The highest BCUT2D eigenvalue weighted by atomic mass is 35.5. The topological polar surface area (TPSA) is 78.5 Å². The first kappa shape index (κ1) is 20.4. The predicted molar refractivity (Wildman–Crippen MR) is 116 cm³/mol. The second-order valence-corrected chi connectivity index (χ2v) is 7.88. The summed E-state index contributed by atoms with van der Waals surface area (Å²) in [6, 6.07) is 11.2. The summed E-state index contributed by atoms with van der Waals surface area (Å²) in [7, 11) is 1.62. The van der Waals surface area contributed by atoms with Crippen LogP contribution in [0.2, 0.25) is 5.02 Å². The molecule has 1 amide bonds. The van der Waals surface area contributed by atoms with Crippen molar-refractivity contribution in [2.45, 2.75) is 26.3 Å². The van der Waals surface area contributed by atoms with E-state index in [1.807, 2.05) is 19.1 Å². The summed E-state index contributed by atoms with van der Waals surface area (Å²) in [6.45, 7) is 4.80. The largest absolute Gasteiger partial charge is 0.507 e. The molecule has 1 unspecified atom stereocenters. The first-order valence-electron chi connectivity index (χ1n) is 9.92. The molecule has 3 aromatic rings. The lowest BCUT2D eigenvalue weighted by Crippen LogP contribution is -2.32. The molecular weight excluding hydrogens is 402 g/mol. The summed E-state index contributed by atoms with van der Waals surface area (Å²) in [5, 5.41) is 18.4. The van der Waals surface area contributed by atoms with Crippen molar-refractivity contribution < 1.29 is 14.6 Å². The average molecular weight is 426 g/mol. The Morgan fingerprint density at radius 1 is 1.27 bits per heavy atom. The van der Waals surface area contributed by atoms with Gasteiger partial charge in [-0.15, -0.1) is 0 Å². The molecule has 0 aliphatic carbocycles. The van der Waals surface area contributed by atoms with Gasteiger partial charge in [-0.2, -0.15) is 5.10 Å². The minimum Gasteiger partial charge on any atom is -0.507 e. The summed E-state index contributed by atoms with van der Waals surface area (Å²) < 4.78 is 5.23. The number of aromatic amines is 1.